The van der Waals surface area contributed by atoms with Gasteiger partial charge in [-0.25, -0.2) is 0 Å². The molecule has 0 aliphatic heterocycles. The number of benzene rings is 1. The van der Waals surface area contributed by atoms with Crippen LogP contribution >= 0.6 is 11.6 Å². The predicted molar refractivity (Wildman–Crippen MR) is 66.8 cm³/mol. The number of non-ortho nitro benzene ring substituents is 1. The van der Waals surface area contributed by atoms with Gasteiger partial charge in [-0.2, -0.15) is 0 Å². The van der Waals surface area contributed by atoms with Crippen molar-refractivity contribution in [3.63, 3.8) is 0 Å². The van der Waals surface area contributed by atoms with Crippen LogP contribution in [0.25, 0.3) is 0 Å². The number of nitro groups is 1. The molecular formula is C11H13ClN2O4. The summed E-state index contributed by atoms with van der Waals surface area (Å²) in [5.41, 5.74) is -0.0592. The molecule has 0 saturated carbocycles. The Bertz CT molecular complexity index is 464. The van der Waals surface area contributed by atoms with Gasteiger partial charge in [0.1, 0.15) is 0 Å². The summed E-state index contributed by atoms with van der Waals surface area (Å²) in [7, 11) is 1.56. The van der Waals surface area contributed by atoms with Crippen LogP contribution in [0, 0.1) is 10.1 Å². The van der Waals surface area contributed by atoms with Crippen LogP contribution in [0.15, 0.2) is 18.2 Å². The molecule has 1 amide bonds. The molecule has 0 fully saturated rings. The number of nitrogens with zero attached hydrogens (tertiary/aromatic N) is 2. The molecule has 1 aromatic carbocycles. The zero-order valence-electron chi connectivity index (χ0n) is 9.80. The van der Waals surface area contributed by atoms with E-state index >= 15 is 0 Å². The first-order chi connectivity index (χ1) is 8.45. The number of rotatable bonds is 5. The van der Waals surface area contributed by atoms with E-state index in [2.05, 4.69) is 0 Å². The lowest BCUT2D eigenvalue weighted by atomic mass is 10.1. The summed E-state index contributed by atoms with van der Waals surface area (Å²) < 4.78 is 0. The van der Waals surface area contributed by atoms with Crippen molar-refractivity contribution in [1.29, 1.82) is 0 Å². The lowest BCUT2D eigenvalue weighted by Gasteiger charge is -2.16. The number of hydrogen-bond acceptors (Lipinski definition) is 4. The lowest BCUT2D eigenvalue weighted by Crippen LogP contribution is -2.28. The van der Waals surface area contributed by atoms with Crippen molar-refractivity contribution < 1.29 is 14.8 Å². The van der Waals surface area contributed by atoms with Crippen LogP contribution in [0.5, 0.6) is 0 Å². The molecule has 98 valence electrons. The van der Waals surface area contributed by atoms with Gasteiger partial charge in [0.2, 0.25) is 0 Å². The van der Waals surface area contributed by atoms with Crippen LogP contribution in [0.4, 0.5) is 5.69 Å². The summed E-state index contributed by atoms with van der Waals surface area (Å²) in [5, 5.41) is 19.5. The Hall–Kier alpha value is -1.66. The second-order valence-corrected chi connectivity index (χ2v) is 4.20. The first kappa shape index (κ1) is 14.4. The second-order valence-electron chi connectivity index (χ2n) is 3.76. The number of nitro benzene ring substituents is 1. The topological polar surface area (TPSA) is 83.7 Å². The fraction of sp³-hybridized carbons (Fsp3) is 0.364. The first-order valence-electron chi connectivity index (χ1n) is 5.27. The monoisotopic (exact) mass is 272 g/mol. The molecule has 0 aromatic heterocycles. The van der Waals surface area contributed by atoms with Crippen LogP contribution in [-0.2, 0) is 0 Å². The van der Waals surface area contributed by atoms with E-state index in [0.29, 0.717) is 13.0 Å². The van der Waals surface area contributed by atoms with Gasteiger partial charge in [0.05, 0.1) is 4.92 Å². The molecule has 0 aliphatic rings. The van der Waals surface area contributed by atoms with Crippen molar-refractivity contribution in [2.24, 2.45) is 0 Å². The molecule has 0 aliphatic carbocycles. The zero-order valence-corrected chi connectivity index (χ0v) is 10.6. The maximum atomic E-state index is 11.9. The van der Waals surface area contributed by atoms with Crippen molar-refractivity contribution in [2.75, 3.05) is 20.2 Å². The van der Waals surface area contributed by atoms with E-state index in [0.717, 1.165) is 0 Å². The van der Waals surface area contributed by atoms with E-state index in [4.69, 9.17) is 16.7 Å². The van der Waals surface area contributed by atoms with E-state index in [1.54, 1.807) is 7.05 Å². The smallest absolute Gasteiger partial charge is 0.271 e. The van der Waals surface area contributed by atoms with Crippen molar-refractivity contribution in [3.8, 4) is 0 Å². The normalized spacial score (nSPS) is 10.2. The Kier molecular flexibility index (Phi) is 5.06. The highest BCUT2D eigenvalue weighted by Gasteiger charge is 2.16. The van der Waals surface area contributed by atoms with E-state index in [9.17, 15) is 14.9 Å². The molecule has 0 heterocycles. The molecule has 7 heteroatoms. The molecule has 6 nitrogen and oxygen atoms in total. The molecule has 18 heavy (non-hydrogen) atoms. The highest BCUT2D eigenvalue weighted by molar-refractivity contribution is 6.31. The van der Waals surface area contributed by atoms with Gasteiger partial charge in [0.25, 0.3) is 11.6 Å². The third-order valence-corrected chi connectivity index (χ3v) is 2.56. The van der Waals surface area contributed by atoms with Crippen molar-refractivity contribution >= 4 is 23.2 Å². The van der Waals surface area contributed by atoms with Crippen LogP contribution in [0.1, 0.15) is 16.8 Å². The molecular weight excluding hydrogens is 260 g/mol. The average molecular weight is 273 g/mol. The van der Waals surface area contributed by atoms with Gasteiger partial charge in [-0.3, -0.25) is 14.9 Å². The number of carbonyl (C=O) groups is 1. The largest absolute Gasteiger partial charge is 0.396 e. The second kappa shape index (κ2) is 6.32. The van der Waals surface area contributed by atoms with Gasteiger partial charge in [-0.15, -0.1) is 0 Å². The van der Waals surface area contributed by atoms with Gasteiger partial charge >= 0.3 is 0 Å². The quantitative estimate of drug-likeness (QED) is 0.653. The van der Waals surface area contributed by atoms with Crippen LogP contribution in [-0.4, -0.2) is 41.0 Å². The van der Waals surface area contributed by atoms with Gasteiger partial charge in [-0.05, 0) is 12.5 Å². The van der Waals surface area contributed by atoms with Gasteiger partial charge < -0.3 is 10.0 Å². The summed E-state index contributed by atoms with van der Waals surface area (Å²) in [6.07, 6.45) is 0.449. The number of amides is 1. The van der Waals surface area contributed by atoms with E-state index in [-0.39, 0.29) is 28.8 Å². The van der Waals surface area contributed by atoms with Crippen molar-refractivity contribution in [1.82, 2.24) is 4.90 Å². The summed E-state index contributed by atoms with van der Waals surface area (Å²) in [4.78, 5) is 23.4. The first-order valence-corrected chi connectivity index (χ1v) is 5.65. The van der Waals surface area contributed by atoms with Gasteiger partial charge in [-0.1, -0.05) is 11.6 Å². The molecule has 0 radical (unpaired) electrons. The van der Waals surface area contributed by atoms with Crippen molar-refractivity contribution in [2.45, 2.75) is 6.42 Å². The van der Waals surface area contributed by atoms with Crippen LogP contribution in [0.2, 0.25) is 5.02 Å². The lowest BCUT2D eigenvalue weighted by molar-refractivity contribution is -0.384. The fourth-order valence-electron chi connectivity index (χ4n) is 1.43. The minimum Gasteiger partial charge on any atom is -0.396 e. The maximum Gasteiger partial charge on any atom is 0.271 e. The summed E-state index contributed by atoms with van der Waals surface area (Å²) >= 11 is 5.73. The molecule has 0 saturated heterocycles. The van der Waals surface area contributed by atoms with E-state index in [1.165, 1.54) is 23.1 Å². The Morgan fingerprint density at radius 2 is 2.17 bits per heavy atom. The molecule has 1 aromatic rings. The Balaban J connectivity index is 2.95. The minimum atomic E-state index is -0.601. The van der Waals surface area contributed by atoms with Crippen LogP contribution < -0.4 is 0 Å². The number of aliphatic hydroxyl groups excluding tert-OH is 1. The Labute approximate surface area is 109 Å². The SMILES string of the molecule is CN(CCCO)C(=O)c1cc(Cl)cc([N+](=O)[O-])c1. The number of carbonyl (C=O) groups excluding carboxylic acids is 1. The van der Waals surface area contributed by atoms with Crippen LogP contribution in [0.3, 0.4) is 0 Å². The number of halogens is 1. The zero-order chi connectivity index (χ0) is 13.7. The summed E-state index contributed by atoms with van der Waals surface area (Å²) in [6, 6.07) is 3.75. The van der Waals surface area contributed by atoms with E-state index < -0.39 is 4.92 Å². The maximum absolute atomic E-state index is 11.9. The third-order valence-electron chi connectivity index (χ3n) is 2.34. The fourth-order valence-corrected chi connectivity index (χ4v) is 1.66. The highest BCUT2D eigenvalue weighted by atomic mass is 35.5. The minimum absolute atomic E-state index is 0.0205. The Morgan fingerprint density at radius 3 is 2.72 bits per heavy atom. The Morgan fingerprint density at radius 1 is 1.50 bits per heavy atom. The standard InChI is InChI=1S/C11H13ClN2O4/c1-13(3-2-4-15)11(16)8-5-9(12)7-10(6-8)14(17)18/h5-7,15H,2-4H2,1H3. The summed E-state index contributed by atoms with van der Waals surface area (Å²) in [6.45, 7) is 0.350. The molecule has 1 rings (SSSR count). The molecule has 0 spiro atoms. The molecule has 0 bridgehead atoms. The third kappa shape index (κ3) is 3.68. The molecule has 0 unspecified atom stereocenters. The predicted octanol–water partition coefficient (Wildman–Crippen LogP) is 1.70. The highest BCUT2D eigenvalue weighted by Crippen LogP contribution is 2.21. The summed E-state index contributed by atoms with van der Waals surface area (Å²) in [5.74, 6) is -0.367. The van der Waals surface area contributed by atoms with Crippen molar-refractivity contribution in [3.05, 3.63) is 38.9 Å². The number of aliphatic hydroxyl groups is 1. The molecule has 0 atom stereocenters. The number of hydrogen-bond donors (Lipinski definition) is 1. The molecule has 1 N–H and O–H groups in total. The van der Waals surface area contributed by atoms with Gasteiger partial charge in [0.15, 0.2) is 0 Å². The average Bonchev–Trinajstić information content (AvgIpc) is 2.34. The van der Waals surface area contributed by atoms with E-state index in [1.807, 2.05) is 0 Å². The van der Waals surface area contributed by atoms with Gasteiger partial charge in [0, 0.05) is 42.9 Å².